The number of nitrogens with one attached hydrogen (secondary N) is 1. The zero-order valence-corrected chi connectivity index (χ0v) is 34.8. The second kappa shape index (κ2) is 11.7. The number of nitrogens with zero attached hydrogens (tertiary/aromatic N) is 1. The van der Waals surface area contributed by atoms with Crippen LogP contribution < -0.4 is 21.1 Å². The van der Waals surface area contributed by atoms with Gasteiger partial charge in [0.1, 0.15) is 11.2 Å². The Morgan fingerprint density at radius 1 is 0.603 bits per heavy atom. The Bertz CT molecular complexity index is 3240. The van der Waals surface area contributed by atoms with Gasteiger partial charge in [0.05, 0.1) is 5.69 Å². The Morgan fingerprint density at radius 2 is 1.34 bits per heavy atom. The topological polar surface area (TPSA) is 28.4 Å². The standard InChI is InChI=1S/C53H45BN2OS/c1-51(2)24-25-52(3,4)38-26-30(22-23-35(38)51)55-40-28-46-33(31-14-8-12-21-45(31)58-46)27-34(40)48-47-32-15-7-11-20-43(32)57-44(47)29-42-49(48)54-39-18-13-17-37-50(39)56(42)41-19-10-9-16-36(41)53(37,5)6/h7-23,26-29,54-55H,24-25H2,1-6H3. The Balaban J connectivity index is 1.18. The summed E-state index contributed by atoms with van der Waals surface area (Å²) in [5.74, 6) is 0. The number of hydrogen-bond acceptors (Lipinski definition) is 4. The molecule has 4 heterocycles. The van der Waals surface area contributed by atoms with Crippen LogP contribution in [0.5, 0.6) is 0 Å². The van der Waals surface area contributed by atoms with E-state index in [0.29, 0.717) is 0 Å². The zero-order valence-electron chi connectivity index (χ0n) is 34.0. The third kappa shape index (κ3) is 4.68. The lowest BCUT2D eigenvalue weighted by Crippen LogP contribution is -2.45. The first-order valence-corrected chi connectivity index (χ1v) is 21.7. The molecule has 0 radical (unpaired) electrons. The smallest absolute Gasteiger partial charge is 0.198 e. The first-order valence-electron chi connectivity index (χ1n) is 20.8. The highest BCUT2D eigenvalue weighted by Crippen LogP contribution is 2.54. The van der Waals surface area contributed by atoms with Crippen LogP contribution in [0.15, 0.2) is 132 Å². The fraction of sp³-hybridized carbons (Fsp3) is 0.208. The third-order valence-electron chi connectivity index (χ3n) is 14.1. The molecule has 0 bridgehead atoms. The Hall–Kier alpha value is -5.78. The largest absolute Gasteiger partial charge is 0.456 e. The van der Waals surface area contributed by atoms with Gasteiger partial charge in [-0.05, 0) is 99.4 Å². The van der Waals surface area contributed by atoms with Crippen molar-refractivity contribution >= 4 is 100 Å². The predicted molar refractivity (Wildman–Crippen MR) is 250 cm³/mol. The molecule has 3 nitrogen and oxygen atoms in total. The minimum Gasteiger partial charge on any atom is -0.456 e. The summed E-state index contributed by atoms with van der Waals surface area (Å²) in [6.07, 6.45) is 2.38. The van der Waals surface area contributed by atoms with Crippen LogP contribution in [0.1, 0.15) is 76.6 Å². The van der Waals surface area contributed by atoms with Gasteiger partial charge in [0.25, 0.3) is 0 Å². The van der Waals surface area contributed by atoms with Gasteiger partial charge in [0, 0.05) is 70.7 Å². The van der Waals surface area contributed by atoms with Crippen molar-refractivity contribution in [2.45, 2.75) is 70.6 Å². The molecule has 0 saturated heterocycles. The SMILES string of the molecule is CC1(C)CCC(C)(C)c2cc(Nc3cc4sc5ccccc5c4cc3-c3c4c(cc5oc6ccccc6c35)N3c5ccccc5C(C)(C)c5cccc(c53)B4)ccc21. The average molecular weight is 769 g/mol. The molecular formula is C53H45BN2OS. The van der Waals surface area contributed by atoms with E-state index >= 15 is 0 Å². The maximum atomic E-state index is 6.90. The van der Waals surface area contributed by atoms with Crippen LogP contribution in [0.2, 0.25) is 0 Å². The lowest BCUT2D eigenvalue weighted by molar-refractivity contribution is 0.332. The fourth-order valence-electron chi connectivity index (χ4n) is 10.9. The van der Waals surface area contributed by atoms with Crippen molar-refractivity contribution in [2.75, 3.05) is 10.2 Å². The Labute approximate surface area is 344 Å². The van der Waals surface area contributed by atoms with Crippen LogP contribution in [0.25, 0.3) is 53.2 Å². The monoisotopic (exact) mass is 768 g/mol. The molecule has 0 saturated carbocycles. The summed E-state index contributed by atoms with van der Waals surface area (Å²) in [5.41, 5.74) is 18.7. The van der Waals surface area contributed by atoms with Crippen molar-refractivity contribution in [3.8, 4) is 11.1 Å². The molecule has 12 rings (SSSR count). The van der Waals surface area contributed by atoms with Crippen molar-refractivity contribution in [3.63, 3.8) is 0 Å². The number of thiophene rings is 1. The van der Waals surface area contributed by atoms with E-state index in [0.717, 1.165) is 35.2 Å². The molecule has 3 aliphatic rings. The second-order valence-corrected chi connectivity index (χ2v) is 19.9. The lowest BCUT2D eigenvalue weighted by Gasteiger charge is -2.46. The summed E-state index contributed by atoms with van der Waals surface area (Å²) < 4.78 is 9.49. The summed E-state index contributed by atoms with van der Waals surface area (Å²) in [4.78, 5) is 2.55. The second-order valence-electron chi connectivity index (χ2n) is 18.8. The average Bonchev–Trinajstić information content (AvgIpc) is 3.77. The minimum absolute atomic E-state index is 0.104. The van der Waals surface area contributed by atoms with Crippen LogP contribution in [0.4, 0.5) is 28.4 Å². The number of hydrogen-bond donors (Lipinski definition) is 1. The summed E-state index contributed by atoms with van der Waals surface area (Å²) in [6, 6.07) is 47.8. The van der Waals surface area contributed by atoms with Crippen molar-refractivity contribution in [3.05, 3.63) is 150 Å². The highest BCUT2D eigenvalue weighted by Gasteiger charge is 2.42. The minimum atomic E-state index is -0.136. The van der Waals surface area contributed by atoms with E-state index in [1.165, 1.54) is 99.8 Å². The van der Waals surface area contributed by atoms with Crippen molar-refractivity contribution < 1.29 is 4.42 Å². The van der Waals surface area contributed by atoms with Crippen LogP contribution >= 0.6 is 11.3 Å². The summed E-state index contributed by atoms with van der Waals surface area (Å²) in [5, 5.41) is 9.00. The number of para-hydroxylation sites is 3. The van der Waals surface area contributed by atoms with Gasteiger partial charge in [-0.2, -0.15) is 0 Å². The maximum Gasteiger partial charge on any atom is 0.198 e. The molecule has 1 N–H and O–H groups in total. The van der Waals surface area contributed by atoms with E-state index in [1.807, 2.05) is 11.3 Å². The van der Waals surface area contributed by atoms with Crippen LogP contribution in [-0.4, -0.2) is 7.28 Å². The number of benzene rings is 7. The van der Waals surface area contributed by atoms with Gasteiger partial charge in [-0.3, -0.25) is 0 Å². The predicted octanol–water partition coefficient (Wildman–Crippen LogP) is 13.5. The molecule has 2 aliphatic heterocycles. The molecule has 0 unspecified atom stereocenters. The molecule has 0 spiro atoms. The third-order valence-corrected chi connectivity index (χ3v) is 15.2. The van der Waals surface area contributed by atoms with Crippen molar-refractivity contribution in [2.24, 2.45) is 0 Å². The quantitative estimate of drug-likeness (QED) is 0.182. The summed E-state index contributed by atoms with van der Waals surface area (Å²) >= 11 is 1.88. The maximum absolute atomic E-state index is 6.90. The van der Waals surface area contributed by atoms with Crippen LogP contribution in [0, 0.1) is 0 Å². The fourth-order valence-corrected chi connectivity index (χ4v) is 12.0. The Morgan fingerprint density at radius 3 is 2.21 bits per heavy atom. The van der Waals surface area contributed by atoms with Crippen molar-refractivity contribution in [1.29, 1.82) is 0 Å². The van der Waals surface area contributed by atoms with E-state index in [-0.39, 0.29) is 16.2 Å². The van der Waals surface area contributed by atoms with Gasteiger partial charge in [0.15, 0.2) is 7.28 Å². The molecule has 7 aromatic carbocycles. The first kappa shape index (κ1) is 34.3. The highest BCUT2D eigenvalue weighted by molar-refractivity contribution is 7.25. The molecule has 5 heteroatoms. The molecular weight excluding hydrogens is 723 g/mol. The van der Waals surface area contributed by atoms with E-state index in [1.54, 1.807) is 0 Å². The van der Waals surface area contributed by atoms with Gasteiger partial charge in [-0.1, -0.05) is 126 Å². The van der Waals surface area contributed by atoms with Crippen LogP contribution in [0.3, 0.4) is 0 Å². The van der Waals surface area contributed by atoms with Crippen LogP contribution in [-0.2, 0) is 16.2 Å². The molecule has 0 amide bonds. The van der Waals surface area contributed by atoms with E-state index in [2.05, 4.69) is 179 Å². The summed E-state index contributed by atoms with van der Waals surface area (Å²) in [6.45, 7) is 14.4. The van der Waals surface area contributed by atoms with E-state index in [9.17, 15) is 0 Å². The lowest BCUT2D eigenvalue weighted by atomic mass is 9.55. The molecule has 282 valence electrons. The number of fused-ring (bicyclic) bond motifs is 11. The zero-order chi connectivity index (χ0) is 39.3. The van der Waals surface area contributed by atoms with Gasteiger partial charge in [0.2, 0.25) is 0 Å². The van der Waals surface area contributed by atoms with Crippen molar-refractivity contribution in [1.82, 2.24) is 0 Å². The molecule has 58 heavy (non-hydrogen) atoms. The molecule has 9 aromatic rings. The molecule has 2 aromatic heterocycles. The van der Waals surface area contributed by atoms with Gasteiger partial charge >= 0.3 is 0 Å². The van der Waals surface area contributed by atoms with E-state index < -0.39 is 0 Å². The molecule has 1 aliphatic carbocycles. The number of anilines is 5. The van der Waals surface area contributed by atoms with E-state index in [4.69, 9.17) is 4.42 Å². The summed E-state index contributed by atoms with van der Waals surface area (Å²) in [7, 11) is 0.821. The normalized spacial score (nSPS) is 16.8. The van der Waals surface area contributed by atoms with Gasteiger partial charge in [-0.15, -0.1) is 11.3 Å². The molecule has 0 atom stereocenters. The Kier molecular flexibility index (Phi) is 6.90. The van der Waals surface area contributed by atoms with Gasteiger partial charge < -0.3 is 14.6 Å². The number of rotatable bonds is 3. The van der Waals surface area contributed by atoms with Gasteiger partial charge in [-0.25, -0.2) is 0 Å². The number of furan rings is 1. The first-order chi connectivity index (χ1) is 28.0. The molecule has 0 fully saturated rings. The highest BCUT2D eigenvalue weighted by atomic mass is 32.1.